The number of imidazole rings is 1. The number of pyridine rings is 2. The number of hydrogen-bond donors (Lipinski definition) is 3. The van der Waals surface area contributed by atoms with E-state index in [-0.39, 0.29) is 71.4 Å². The maximum absolute atomic E-state index is 14.9. The molecule has 6 atom stereocenters. The molecule has 0 aliphatic carbocycles. The van der Waals surface area contributed by atoms with Crippen molar-refractivity contribution in [1.82, 2.24) is 34.7 Å². The summed E-state index contributed by atoms with van der Waals surface area (Å²) in [5.41, 5.74) is 10.2. The second-order valence-corrected chi connectivity index (χ2v) is 50.0. The van der Waals surface area contributed by atoms with Crippen molar-refractivity contribution in [2.75, 3.05) is 62.5 Å². The highest BCUT2D eigenvalue weighted by molar-refractivity contribution is 8.92. The van der Waals surface area contributed by atoms with Gasteiger partial charge in [-0.3, -0.25) is 33.4 Å². The Bertz CT molecular complexity index is 3610. The molecule has 3 saturated heterocycles. The molecule has 3 fully saturated rings. The normalized spacial score (nSPS) is 21.6. The van der Waals surface area contributed by atoms with E-state index in [1.54, 1.807) is 93.9 Å². The maximum Gasteiger partial charge on any atom is 0.345 e. The molecule has 4 N–H and O–H groups in total. The molecule has 21 nitrogen and oxygen atoms in total. The van der Waals surface area contributed by atoms with Crippen LogP contribution < -0.4 is 11.1 Å². The molecule has 7 aromatic rings. The minimum atomic E-state index is -3.57. The number of nitrogen functional groups attached to an aromatic ring is 1. The van der Waals surface area contributed by atoms with E-state index in [4.69, 9.17) is 61.0 Å². The molecule has 0 bridgehead atoms. The number of nitrogens with one attached hydrogen (secondary N) is 1. The van der Waals surface area contributed by atoms with Crippen LogP contribution >= 0.6 is 95.7 Å². The van der Waals surface area contributed by atoms with Gasteiger partial charge in [-0.25, -0.2) is 35.5 Å². The Morgan fingerprint density at radius 1 is 0.731 bits per heavy atom. The summed E-state index contributed by atoms with van der Waals surface area (Å²) >= 11 is 12.2. The number of nitrogens with two attached hydrogens (primary N) is 1. The summed E-state index contributed by atoms with van der Waals surface area (Å²) in [5, 5.41) is 21.0. The molecule has 4 unspecified atom stereocenters. The van der Waals surface area contributed by atoms with Gasteiger partial charge in [0.15, 0.2) is 0 Å². The number of hydrogen-bond acceptors (Lipinski definition) is 19. The van der Waals surface area contributed by atoms with Crippen LogP contribution in [0.4, 0.5) is 28.9 Å². The number of fused-ring (bicyclic) bond motifs is 4. The number of anilines is 2. The number of aliphatic carboxylic acids is 1. The largest absolute Gasteiger partial charge is 0.481 e. The van der Waals surface area contributed by atoms with Crippen molar-refractivity contribution in [2.45, 2.75) is 150 Å². The first kappa shape index (κ1) is 81.2. The second kappa shape index (κ2) is 37.1. The lowest BCUT2D eigenvalue weighted by Crippen LogP contribution is -2.47. The summed E-state index contributed by atoms with van der Waals surface area (Å²) in [6.07, 6.45) is 5.57. The molecular formula is C57H86Cl2F4N9O12P9. The molecule has 5 aromatic heterocycles. The molecule has 3 aliphatic rings. The summed E-state index contributed by atoms with van der Waals surface area (Å²) < 4.78 is 131. The minimum Gasteiger partial charge on any atom is -0.481 e. The SMILES string of the molecule is CCCP1(=O)OP(=O)(CCC)OP(=O)(CCC)O1.CCN(C(C)C)C(C)C.Cc1cc(CC(=O)O)no1.Cc1cc(Cc2nc3cnc4ccc(Cl)cc4c3n2[C@H]2CCOCC2(F)F)no1.Nc1cnc2ccc(Cl)cc2c1N[C@H]1CCOCC1(F)F.PP(P)P(P)P. The predicted molar refractivity (Wildman–Crippen MR) is 382 cm³/mol. The summed E-state index contributed by atoms with van der Waals surface area (Å²) in [7, 11) is 0.451. The first-order valence-corrected chi connectivity index (χ1v) is 45.7. The van der Waals surface area contributed by atoms with Crippen molar-refractivity contribution < 1.29 is 72.6 Å². The Hall–Kier alpha value is -2.45. The van der Waals surface area contributed by atoms with Crippen molar-refractivity contribution in [3.63, 3.8) is 0 Å². The highest BCUT2D eigenvalue weighted by Gasteiger charge is 2.51. The van der Waals surface area contributed by atoms with Crippen LogP contribution in [0.5, 0.6) is 0 Å². The van der Waals surface area contributed by atoms with Gasteiger partial charge in [0.1, 0.15) is 42.1 Å². The van der Waals surface area contributed by atoms with Crippen LogP contribution in [0.25, 0.3) is 32.8 Å². The predicted octanol–water partition coefficient (Wildman–Crippen LogP) is 18.6. The van der Waals surface area contributed by atoms with E-state index in [0.717, 1.165) is 6.54 Å². The second-order valence-electron chi connectivity index (χ2n) is 22.4. The fourth-order valence-electron chi connectivity index (χ4n) is 10.0. The topological polar surface area (TPSA) is 272 Å². The minimum absolute atomic E-state index is 0.0721. The Kier molecular flexibility index (Phi) is 32.4. The molecule has 0 amide bonds. The van der Waals surface area contributed by atoms with Crippen LogP contribution in [0.2, 0.25) is 10.0 Å². The van der Waals surface area contributed by atoms with E-state index in [9.17, 15) is 36.1 Å². The van der Waals surface area contributed by atoms with E-state index in [1.165, 1.54) is 6.20 Å². The van der Waals surface area contributed by atoms with Crippen LogP contribution in [-0.4, -0.2) is 127 Å². The van der Waals surface area contributed by atoms with Gasteiger partial charge in [0, 0.05) is 58.2 Å². The van der Waals surface area contributed by atoms with Crippen LogP contribution in [0, 0.1) is 13.8 Å². The number of alkyl halides is 4. The molecule has 10 rings (SSSR count). The number of ether oxygens (including phenoxy) is 2. The number of halogens is 6. The van der Waals surface area contributed by atoms with Gasteiger partial charge in [-0.1, -0.05) is 61.2 Å². The number of carboxylic acids is 1. The van der Waals surface area contributed by atoms with Gasteiger partial charge in [0.25, 0.3) is 11.8 Å². The van der Waals surface area contributed by atoms with Gasteiger partial charge in [-0.15, -0.1) is 35.7 Å². The number of rotatable bonds is 17. The van der Waals surface area contributed by atoms with Crippen LogP contribution in [0.15, 0.2) is 70.0 Å². The zero-order valence-electron chi connectivity index (χ0n) is 53.6. The molecule has 0 saturated carbocycles. The number of aryl methyl sites for hydroxylation is 2. The Balaban J connectivity index is 0.000000218. The van der Waals surface area contributed by atoms with Crippen LogP contribution in [0.1, 0.15) is 122 Å². The van der Waals surface area contributed by atoms with Crippen LogP contribution in [-0.2, 0) is 53.7 Å². The molecule has 0 radical (unpaired) electrons. The average Bonchev–Trinajstić information content (AvgIpc) is 1.64. The van der Waals surface area contributed by atoms with E-state index >= 15 is 0 Å². The number of nitrogens with zero attached hydrogens (tertiary/aromatic N) is 7. The molecular weight excluding hydrogens is 1430 g/mol. The van der Waals surface area contributed by atoms with Gasteiger partial charge < -0.3 is 39.2 Å². The fourth-order valence-corrected chi connectivity index (χ4v) is 19.7. The quantitative estimate of drug-likeness (QED) is 0.0564. The molecule has 36 heteroatoms. The summed E-state index contributed by atoms with van der Waals surface area (Å²) in [4.78, 5) is 25.8. The van der Waals surface area contributed by atoms with Gasteiger partial charge >= 0.3 is 28.8 Å². The molecule has 3 aliphatic heterocycles. The van der Waals surface area contributed by atoms with Gasteiger partial charge in [0.05, 0.1) is 89.1 Å². The van der Waals surface area contributed by atoms with Crippen molar-refractivity contribution in [3.8, 4) is 0 Å². The van der Waals surface area contributed by atoms with E-state index in [1.807, 2.05) is 0 Å². The van der Waals surface area contributed by atoms with Crippen molar-refractivity contribution in [3.05, 3.63) is 99.7 Å². The highest BCUT2D eigenvalue weighted by Crippen LogP contribution is 2.87. The number of benzene rings is 2. The zero-order valence-corrected chi connectivity index (χ0v) is 64.3. The highest BCUT2D eigenvalue weighted by atomic mass is 35.5. The Morgan fingerprint density at radius 3 is 1.63 bits per heavy atom. The number of aromatic nitrogens is 6. The smallest absolute Gasteiger partial charge is 0.345 e. The van der Waals surface area contributed by atoms with Crippen molar-refractivity contribution in [2.24, 2.45) is 0 Å². The molecule has 518 valence electrons. The Labute approximate surface area is 562 Å². The van der Waals surface area contributed by atoms with Crippen LogP contribution in [0.3, 0.4) is 0 Å². The first-order chi connectivity index (χ1) is 43.6. The van der Waals surface area contributed by atoms with Gasteiger partial charge in [-0.2, -0.15) is 0 Å². The standard InChI is InChI=1S/C20H17ClF2N4O2.C14H14ClF2N3O.C9H21O6P3.C8H19N.C6H7NO3.H8P6/c1-11-6-13(26-29-11)8-18-25-16-9-24-15-3-2-12(21)7-14(15)19(16)27(18)17-4-5-28-10-20(17,22)23;15-8-1-2-11-9(5-8)13(10(18)6-19-11)20-12-3-4-21-7-14(12,16)17;1-4-7-16(10)13-17(11,8-5-2)15-18(12,14-16)9-6-3;1-6-9(7(2)3)8(4)5;1-4-2-5(7-10-4)3-6(8)9;1-5(2)6(3)4/h2-3,6-7,9,17H,4-5,8,10H2,1H3;1-2,5-6,12H,3-4,7,18H2,(H,19,20);4-9H2,1-3H3;7-8H,6H2,1-5H3;2H,3H2,1H3,(H,8,9);1-4H2/t17-;12-;;;;/m00..../s1. The molecule has 2 aromatic carbocycles. The lowest BCUT2D eigenvalue weighted by Gasteiger charge is -2.33. The Morgan fingerprint density at radius 2 is 1.20 bits per heavy atom. The third-order valence-electron chi connectivity index (χ3n) is 13.9. The van der Waals surface area contributed by atoms with Gasteiger partial charge in [-0.05, 0) is 131 Å². The lowest BCUT2D eigenvalue weighted by molar-refractivity contribution is -0.147. The fraction of sp³-hybridized carbons (Fsp3) is 0.544. The average molecular weight is 1520 g/mol. The number of carbonyl (C=O) groups is 1. The third-order valence-corrected chi connectivity index (χ3v) is 44.7. The summed E-state index contributed by atoms with van der Waals surface area (Å²) in [6.45, 7) is 20.9. The van der Waals surface area contributed by atoms with Crippen molar-refractivity contribution >= 4 is 146 Å². The summed E-state index contributed by atoms with van der Waals surface area (Å²) in [5.74, 6) is -5.11. The number of carboxylic acid groups (broad SMARTS) is 1. The van der Waals surface area contributed by atoms with Crippen molar-refractivity contribution in [1.29, 1.82) is 0 Å². The summed E-state index contributed by atoms with van der Waals surface area (Å²) in [6, 6.07) is 13.0. The molecule has 0 spiro atoms. The zero-order chi connectivity index (χ0) is 69.2. The van der Waals surface area contributed by atoms with E-state index in [2.05, 4.69) is 110 Å². The molecule has 8 heterocycles. The monoisotopic (exact) mass is 1510 g/mol. The van der Waals surface area contributed by atoms with E-state index < -0.39 is 65.9 Å². The van der Waals surface area contributed by atoms with Gasteiger partial charge in [0.2, 0.25) is 0 Å². The van der Waals surface area contributed by atoms with E-state index in [0.29, 0.717) is 114 Å². The third kappa shape index (κ3) is 24.5. The maximum atomic E-state index is 14.9. The first-order valence-electron chi connectivity index (χ1n) is 29.9. The lowest BCUT2D eigenvalue weighted by atomic mass is 10.0. The molecule has 93 heavy (non-hydrogen) atoms.